The van der Waals surface area contributed by atoms with Crippen LogP contribution in [0.4, 0.5) is 0 Å². The van der Waals surface area contributed by atoms with Crippen molar-refractivity contribution in [3.8, 4) is 0 Å². The molecule has 4 fully saturated rings. The van der Waals surface area contributed by atoms with E-state index >= 15 is 0 Å². The summed E-state index contributed by atoms with van der Waals surface area (Å²) in [5.41, 5.74) is 0.387. The lowest BCUT2D eigenvalue weighted by molar-refractivity contribution is -0.144. The summed E-state index contributed by atoms with van der Waals surface area (Å²) in [5.74, 6) is 0.183. The Morgan fingerprint density at radius 3 is 2.53 bits per heavy atom. The highest BCUT2D eigenvalue weighted by molar-refractivity contribution is 7.89. The third-order valence-electron chi connectivity index (χ3n) is 7.83. The van der Waals surface area contributed by atoms with Crippen molar-refractivity contribution in [3.63, 3.8) is 0 Å². The van der Waals surface area contributed by atoms with Gasteiger partial charge >= 0.3 is 0 Å². The molecule has 36 heavy (non-hydrogen) atoms. The molecule has 0 bridgehead atoms. The van der Waals surface area contributed by atoms with E-state index in [2.05, 4.69) is 15.6 Å². The second kappa shape index (κ2) is 9.36. The number of rotatable bonds is 8. The lowest BCUT2D eigenvalue weighted by Gasteiger charge is -2.35. The van der Waals surface area contributed by atoms with E-state index < -0.39 is 33.6 Å². The summed E-state index contributed by atoms with van der Waals surface area (Å²) < 4.78 is 27.7. The van der Waals surface area contributed by atoms with Gasteiger partial charge in [0, 0.05) is 44.2 Å². The zero-order valence-corrected chi connectivity index (χ0v) is 22.2. The van der Waals surface area contributed by atoms with Crippen LogP contribution in [0, 0.1) is 11.3 Å². The van der Waals surface area contributed by atoms with Gasteiger partial charge in [0.1, 0.15) is 12.1 Å². The van der Waals surface area contributed by atoms with Crippen LogP contribution in [-0.4, -0.2) is 93.1 Å². The number of carbonyl (C=O) groups is 2. The maximum absolute atomic E-state index is 13.9. The molecule has 4 atom stereocenters. The number of nitrogens with zero attached hydrogens (tertiary/aromatic N) is 5. The fourth-order valence-corrected chi connectivity index (χ4v) is 7.08. The lowest BCUT2D eigenvalue weighted by Crippen LogP contribution is -2.54. The second-order valence-electron chi connectivity index (χ2n) is 12.0. The number of hydrogen-bond acceptors (Lipinski definition) is 7. The van der Waals surface area contributed by atoms with E-state index in [0.717, 1.165) is 31.4 Å². The smallest absolute Gasteiger partial charge is 0.248 e. The van der Waals surface area contributed by atoms with Gasteiger partial charge in [0.25, 0.3) is 0 Å². The first kappa shape index (κ1) is 25.6. The second-order valence-corrected chi connectivity index (χ2v) is 14.1. The Morgan fingerprint density at radius 1 is 1.22 bits per heavy atom. The molecule has 2 N–H and O–H groups in total. The molecule has 200 valence electrons. The fraction of sp³-hybridized carbons (Fsp3) is 0.833. The van der Waals surface area contributed by atoms with E-state index in [1.54, 1.807) is 4.68 Å². The van der Waals surface area contributed by atoms with Gasteiger partial charge in [0.05, 0.1) is 17.6 Å². The van der Waals surface area contributed by atoms with E-state index in [1.807, 2.05) is 27.0 Å². The molecule has 12 heteroatoms. The van der Waals surface area contributed by atoms with Crippen molar-refractivity contribution in [3.05, 3.63) is 11.9 Å². The minimum atomic E-state index is -3.27. The van der Waals surface area contributed by atoms with Crippen LogP contribution in [-0.2, 0) is 19.6 Å². The minimum absolute atomic E-state index is 0.0717. The van der Waals surface area contributed by atoms with Crippen molar-refractivity contribution >= 4 is 21.8 Å². The molecular weight excluding hydrogens is 484 g/mol. The number of sulfonamides is 1. The van der Waals surface area contributed by atoms with Crippen molar-refractivity contribution in [1.29, 1.82) is 0 Å². The molecule has 3 heterocycles. The van der Waals surface area contributed by atoms with Gasteiger partial charge in [-0.3, -0.25) is 9.59 Å². The number of aliphatic hydroxyl groups excluding tert-OH is 1. The molecular formula is C24H38N6O5S. The Labute approximate surface area is 212 Å². The van der Waals surface area contributed by atoms with E-state index in [-0.39, 0.29) is 49.0 Å². The SMILES string of the molecule is CC(C)(C)[C@@H](C(=O)N1C[C@H](O)C[C@H]1C(=O)NC(CN1CCCS1(=O)=O)C1CC1)n1cc(C2CC2)nn1. The van der Waals surface area contributed by atoms with Crippen molar-refractivity contribution < 1.29 is 23.1 Å². The monoisotopic (exact) mass is 522 g/mol. The molecule has 2 saturated heterocycles. The first-order valence-electron chi connectivity index (χ1n) is 13.1. The van der Waals surface area contributed by atoms with Crippen LogP contribution >= 0.6 is 0 Å². The molecule has 2 aliphatic carbocycles. The van der Waals surface area contributed by atoms with Crippen LogP contribution in [0.2, 0.25) is 0 Å². The quantitative estimate of drug-likeness (QED) is 0.511. The minimum Gasteiger partial charge on any atom is -0.391 e. The summed E-state index contributed by atoms with van der Waals surface area (Å²) >= 11 is 0. The van der Waals surface area contributed by atoms with Gasteiger partial charge in [-0.2, -0.15) is 4.31 Å². The molecule has 2 saturated carbocycles. The van der Waals surface area contributed by atoms with Crippen molar-refractivity contribution in [2.24, 2.45) is 11.3 Å². The van der Waals surface area contributed by atoms with Gasteiger partial charge in [-0.05, 0) is 43.4 Å². The van der Waals surface area contributed by atoms with Crippen LogP contribution in [0.15, 0.2) is 6.20 Å². The third-order valence-corrected chi connectivity index (χ3v) is 9.75. The number of β-amino-alcohol motifs (C(OH)–C–C–N with tert-alkyl or cyclic N) is 1. The molecule has 1 aromatic rings. The zero-order chi connectivity index (χ0) is 25.8. The fourth-order valence-electron chi connectivity index (χ4n) is 5.53. The normalized spacial score (nSPS) is 28.3. The van der Waals surface area contributed by atoms with Crippen molar-refractivity contribution in [2.75, 3.05) is 25.4 Å². The molecule has 1 unspecified atom stereocenters. The molecule has 0 aromatic carbocycles. The average molecular weight is 523 g/mol. The first-order chi connectivity index (χ1) is 16.9. The van der Waals surface area contributed by atoms with Crippen LogP contribution in [0.25, 0.3) is 0 Å². The molecule has 4 aliphatic rings. The predicted octanol–water partition coefficient (Wildman–Crippen LogP) is 0.635. The molecule has 11 nitrogen and oxygen atoms in total. The molecule has 1 aromatic heterocycles. The van der Waals surface area contributed by atoms with E-state index in [9.17, 15) is 23.1 Å². The summed E-state index contributed by atoms with van der Waals surface area (Å²) in [6.45, 7) is 6.67. The Balaban J connectivity index is 1.33. The van der Waals surface area contributed by atoms with Crippen molar-refractivity contribution in [1.82, 2.24) is 29.5 Å². The maximum Gasteiger partial charge on any atom is 0.248 e. The van der Waals surface area contributed by atoms with Crippen LogP contribution in [0.5, 0.6) is 0 Å². The Kier molecular flexibility index (Phi) is 6.65. The van der Waals surface area contributed by atoms with Gasteiger partial charge in [0.2, 0.25) is 21.8 Å². The summed E-state index contributed by atoms with van der Waals surface area (Å²) in [4.78, 5) is 28.9. The standard InChI is InChI=1S/C24H38N6O5S/c1-24(2,3)21(30-14-19(26-27-30)16-7-8-16)23(33)29-12-17(31)11-20(29)22(32)25-18(15-5-6-15)13-28-9-4-10-36(28,34)35/h14-18,20-21,31H,4-13H2,1-3H3,(H,25,32)/t17-,18?,20+,21-/m1/s1. The van der Waals surface area contributed by atoms with E-state index in [4.69, 9.17) is 0 Å². The maximum atomic E-state index is 13.9. The van der Waals surface area contributed by atoms with Crippen LogP contribution in [0.1, 0.15) is 76.9 Å². The number of nitrogens with one attached hydrogen (secondary N) is 1. The number of hydrogen-bond donors (Lipinski definition) is 2. The lowest BCUT2D eigenvalue weighted by atomic mass is 9.85. The average Bonchev–Trinajstić information content (AvgIpc) is 3.70. The van der Waals surface area contributed by atoms with Gasteiger partial charge in [-0.1, -0.05) is 26.0 Å². The summed E-state index contributed by atoms with van der Waals surface area (Å²) in [6, 6.07) is -1.79. The molecule has 5 rings (SSSR count). The summed E-state index contributed by atoms with van der Waals surface area (Å²) in [5, 5.41) is 22.1. The molecule has 0 radical (unpaired) electrons. The Bertz CT molecular complexity index is 1110. The number of amides is 2. The summed E-state index contributed by atoms with van der Waals surface area (Å²) in [7, 11) is -3.27. The number of likely N-dealkylation sites (tertiary alicyclic amines) is 1. The van der Waals surface area contributed by atoms with Gasteiger partial charge in [0.15, 0.2) is 0 Å². The zero-order valence-electron chi connectivity index (χ0n) is 21.3. The van der Waals surface area contributed by atoms with E-state index in [1.165, 1.54) is 9.21 Å². The highest BCUT2D eigenvalue weighted by Crippen LogP contribution is 2.40. The van der Waals surface area contributed by atoms with E-state index in [0.29, 0.717) is 18.9 Å². The molecule has 0 spiro atoms. The molecule has 2 amide bonds. The van der Waals surface area contributed by atoms with Crippen LogP contribution in [0.3, 0.4) is 0 Å². The topological polar surface area (TPSA) is 138 Å². The highest BCUT2D eigenvalue weighted by Gasteiger charge is 2.47. The number of aromatic nitrogens is 3. The summed E-state index contributed by atoms with van der Waals surface area (Å²) in [6.07, 6.45) is 5.83. The van der Waals surface area contributed by atoms with Gasteiger partial charge in [-0.25, -0.2) is 13.1 Å². The van der Waals surface area contributed by atoms with Gasteiger partial charge in [-0.15, -0.1) is 5.10 Å². The molecule has 2 aliphatic heterocycles. The largest absolute Gasteiger partial charge is 0.391 e. The third kappa shape index (κ3) is 5.31. The highest BCUT2D eigenvalue weighted by atomic mass is 32.2. The number of aliphatic hydroxyl groups is 1. The van der Waals surface area contributed by atoms with Crippen molar-refractivity contribution in [2.45, 2.75) is 89.4 Å². The van der Waals surface area contributed by atoms with Crippen LogP contribution < -0.4 is 5.32 Å². The Morgan fingerprint density at radius 2 is 1.94 bits per heavy atom. The number of carbonyl (C=O) groups excluding carboxylic acids is 2. The van der Waals surface area contributed by atoms with Gasteiger partial charge < -0.3 is 15.3 Å². The predicted molar refractivity (Wildman–Crippen MR) is 131 cm³/mol. The first-order valence-corrected chi connectivity index (χ1v) is 14.7. The Hall–Kier alpha value is -2.05.